The highest BCUT2D eigenvalue weighted by Gasteiger charge is 2.71. The maximum atomic E-state index is 13.1. The second kappa shape index (κ2) is 6.40. The summed E-state index contributed by atoms with van der Waals surface area (Å²) in [6.07, 6.45) is 1.09. The molecule has 2 fully saturated rings. The van der Waals surface area contributed by atoms with E-state index in [0.717, 1.165) is 16.5 Å². The van der Waals surface area contributed by atoms with Crippen molar-refractivity contribution in [2.75, 3.05) is 19.7 Å². The molecule has 2 heterocycles. The lowest BCUT2D eigenvalue weighted by atomic mass is 9.95. The fraction of sp³-hybridized carbons (Fsp3) is 0.304. The molecule has 0 radical (unpaired) electrons. The van der Waals surface area contributed by atoms with E-state index in [9.17, 15) is 15.0 Å². The topological polar surface area (TPSA) is 73.7 Å². The maximum Gasteiger partial charge on any atom is 0.253 e. The number of likely N-dealkylation sites (tertiary alicyclic amines) is 1. The largest absolute Gasteiger partial charge is 0.396 e. The summed E-state index contributed by atoms with van der Waals surface area (Å²) in [4.78, 5) is 19.1. The molecule has 1 saturated heterocycles. The third-order valence-corrected chi connectivity index (χ3v) is 6.53. The Kier molecular flexibility index (Phi) is 3.96. The SMILES string of the molecule is O=C(c1ccc2ncccc2c1)N1C[C@H](O)[C@@]2(C1)[C@H](CO)[C@H]2c1ccccc1. The van der Waals surface area contributed by atoms with Crippen LogP contribution in [0.4, 0.5) is 0 Å². The lowest BCUT2D eigenvalue weighted by Crippen LogP contribution is -2.29. The van der Waals surface area contributed by atoms with Gasteiger partial charge in [0.2, 0.25) is 0 Å². The second-order valence-corrected chi connectivity index (χ2v) is 7.90. The molecule has 3 aromatic rings. The minimum absolute atomic E-state index is 0.0142. The summed E-state index contributed by atoms with van der Waals surface area (Å²) >= 11 is 0. The number of β-amino-alcohol motifs (C(OH)–C–C–N with tert-alkyl or cyclic N) is 1. The van der Waals surface area contributed by atoms with E-state index >= 15 is 0 Å². The average molecular weight is 374 g/mol. The fourth-order valence-electron chi connectivity index (χ4n) is 5.11. The second-order valence-electron chi connectivity index (χ2n) is 7.90. The zero-order chi connectivity index (χ0) is 19.3. The van der Waals surface area contributed by atoms with Crippen LogP contribution in [0, 0.1) is 11.3 Å². The van der Waals surface area contributed by atoms with Crippen LogP contribution in [0.5, 0.6) is 0 Å². The van der Waals surface area contributed by atoms with Crippen LogP contribution < -0.4 is 0 Å². The van der Waals surface area contributed by atoms with E-state index in [1.165, 1.54) is 0 Å². The van der Waals surface area contributed by atoms with Gasteiger partial charge in [0.25, 0.3) is 5.91 Å². The highest BCUT2D eigenvalue weighted by atomic mass is 16.3. The number of carbonyl (C=O) groups excluding carboxylic acids is 1. The van der Waals surface area contributed by atoms with E-state index in [0.29, 0.717) is 18.7 Å². The lowest BCUT2D eigenvalue weighted by molar-refractivity contribution is 0.0764. The van der Waals surface area contributed by atoms with Crippen molar-refractivity contribution < 1.29 is 15.0 Å². The number of pyridine rings is 1. The van der Waals surface area contributed by atoms with Crippen LogP contribution in [0.3, 0.4) is 0 Å². The first-order valence-corrected chi connectivity index (χ1v) is 9.63. The Labute approximate surface area is 163 Å². The molecular weight excluding hydrogens is 352 g/mol. The Morgan fingerprint density at radius 1 is 1.14 bits per heavy atom. The number of hydrogen-bond donors (Lipinski definition) is 2. The molecule has 5 rings (SSSR count). The minimum atomic E-state index is -0.638. The van der Waals surface area contributed by atoms with Crippen molar-refractivity contribution >= 4 is 16.8 Å². The van der Waals surface area contributed by atoms with Crippen molar-refractivity contribution in [1.29, 1.82) is 0 Å². The van der Waals surface area contributed by atoms with Crippen molar-refractivity contribution in [3.05, 3.63) is 78.0 Å². The van der Waals surface area contributed by atoms with Gasteiger partial charge in [-0.25, -0.2) is 0 Å². The summed E-state index contributed by atoms with van der Waals surface area (Å²) in [6.45, 7) is 0.771. The molecule has 2 N–H and O–H groups in total. The fourth-order valence-corrected chi connectivity index (χ4v) is 5.11. The standard InChI is InChI=1S/C23H22N2O3/c26-13-18-21(15-5-2-1-3-6-15)23(18)14-25(12-20(23)27)22(28)17-8-9-19-16(11-17)7-4-10-24-19/h1-11,18,20-21,26-27H,12-14H2/t18-,20+,21-,23-/m1/s1. The monoisotopic (exact) mass is 374 g/mol. The molecule has 1 saturated carbocycles. The van der Waals surface area contributed by atoms with Crippen LogP contribution in [-0.4, -0.2) is 51.8 Å². The van der Waals surface area contributed by atoms with Gasteiger partial charge in [-0.05, 0) is 41.7 Å². The average Bonchev–Trinajstić information content (AvgIpc) is 3.28. The molecule has 0 unspecified atom stereocenters. The normalized spacial score (nSPS) is 28.8. The molecule has 1 aromatic heterocycles. The first-order chi connectivity index (χ1) is 13.6. The van der Waals surface area contributed by atoms with E-state index in [-0.39, 0.29) is 24.3 Å². The van der Waals surface area contributed by atoms with Crippen LogP contribution in [0.25, 0.3) is 10.9 Å². The molecule has 28 heavy (non-hydrogen) atoms. The van der Waals surface area contributed by atoms with Crippen LogP contribution in [0.2, 0.25) is 0 Å². The van der Waals surface area contributed by atoms with Gasteiger partial charge >= 0.3 is 0 Å². The Balaban J connectivity index is 1.43. The predicted octanol–water partition coefficient (Wildman–Crippen LogP) is 2.44. The van der Waals surface area contributed by atoms with Crippen molar-refractivity contribution in [2.24, 2.45) is 11.3 Å². The quantitative estimate of drug-likeness (QED) is 0.739. The molecule has 142 valence electrons. The van der Waals surface area contributed by atoms with Crippen molar-refractivity contribution in [2.45, 2.75) is 12.0 Å². The van der Waals surface area contributed by atoms with E-state index in [2.05, 4.69) is 4.98 Å². The van der Waals surface area contributed by atoms with Gasteiger partial charge in [-0.15, -0.1) is 0 Å². The highest BCUT2D eigenvalue weighted by Crippen LogP contribution is 2.68. The summed E-state index contributed by atoms with van der Waals surface area (Å²) < 4.78 is 0. The van der Waals surface area contributed by atoms with E-state index in [4.69, 9.17) is 0 Å². The predicted molar refractivity (Wildman–Crippen MR) is 106 cm³/mol. The summed E-state index contributed by atoms with van der Waals surface area (Å²) in [7, 11) is 0. The zero-order valence-electron chi connectivity index (χ0n) is 15.4. The number of carbonyl (C=O) groups is 1. The number of benzene rings is 2. The van der Waals surface area contributed by atoms with Gasteiger partial charge in [0.05, 0.1) is 11.6 Å². The van der Waals surface area contributed by atoms with Crippen molar-refractivity contribution in [3.63, 3.8) is 0 Å². The van der Waals surface area contributed by atoms with Gasteiger partial charge in [0, 0.05) is 42.3 Å². The third kappa shape index (κ3) is 2.47. The Morgan fingerprint density at radius 3 is 2.75 bits per heavy atom. The highest BCUT2D eigenvalue weighted by molar-refractivity contribution is 5.98. The number of rotatable bonds is 3. The molecule has 1 aliphatic carbocycles. The number of hydrogen-bond acceptors (Lipinski definition) is 4. The number of aliphatic hydroxyl groups excluding tert-OH is 2. The van der Waals surface area contributed by atoms with E-state index < -0.39 is 11.5 Å². The molecule has 1 aliphatic heterocycles. The molecule has 5 nitrogen and oxygen atoms in total. The Bertz CT molecular complexity index is 1040. The van der Waals surface area contributed by atoms with Crippen LogP contribution in [0.1, 0.15) is 21.8 Å². The van der Waals surface area contributed by atoms with E-state index in [1.807, 2.05) is 54.6 Å². The van der Waals surface area contributed by atoms with Crippen molar-refractivity contribution in [1.82, 2.24) is 9.88 Å². The summed E-state index contributed by atoms with van der Waals surface area (Å²) in [5.74, 6) is -0.0344. The van der Waals surface area contributed by atoms with Crippen LogP contribution in [0.15, 0.2) is 66.9 Å². The lowest BCUT2D eigenvalue weighted by Gasteiger charge is -2.17. The Hall–Kier alpha value is -2.76. The number of aliphatic hydroxyl groups is 2. The first-order valence-electron chi connectivity index (χ1n) is 9.63. The molecule has 2 aromatic carbocycles. The van der Waals surface area contributed by atoms with Gasteiger partial charge in [-0.2, -0.15) is 0 Å². The summed E-state index contributed by atoms with van der Waals surface area (Å²) in [5.41, 5.74) is 2.11. The molecule has 4 atom stereocenters. The zero-order valence-corrected chi connectivity index (χ0v) is 15.4. The molecule has 2 aliphatic rings. The van der Waals surface area contributed by atoms with Gasteiger partial charge in [-0.1, -0.05) is 36.4 Å². The molecule has 0 bridgehead atoms. The molecule has 1 spiro atoms. The number of nitrogens with zero attached hydrogens (tertiary/aromatic N) is 2. The summed E-state index contributed by atoms with van der Waals surface area (Å²) in [6, 6.07) is 19.3. The molecular formula is C23H22N2O3. The van der Waals surface area contributed by atoms with Crippen molar-refractivity contribution in [3.8, 4) is 0 Å². The minimum Gasteiger partial charge on any atom is -0.396 e. The van der Waals surface area contributed by atoms with Crippen LogP contribution in [-0.2, 0) is 0 Å². The Morgan fingerprint density at radius 2 is 1.96 bits per heavy atom. The number of aromatic nitrogens is 1. The number of fused-ring (bicyclic) bond motifs is 1. The molecule has 1 amide bonds. The van der Waals surface area contributed by atoms with Crippen LogP contribution >= 0.6 is 0 Å². The summed E-state index contributed by atoms with van der Waals surface area (Å²) in [5, 5.41) is 21.7. The van der Waals surface area contributed by atoms with Gasteiger partial charge in [0.15, 0.2) is 0 Å². The molecule has 5 heteroatoms. The smallest absolute Gasteiger partial charge is 0.253 e. The maximum absolute atomic E-state index is 13.1. The van der Waals surface area contributed by atoms with E-state index in [1.54, 1.807) is 17.2 Å². The third-order valence-electron chi connectivity index (χ3n) is 6.53. The van der Waals surface area contributed by atoms with Gasteiger partial charge in [-0.3, -0.25) is 9.78 Å². The van der Waals surface area contributed by atoms with Gasteiger partial charge in [0.1, 0.15) is 0 Å². The first kappa shape index (κ1) is 17.3. The number of amides is 1. The van der Waals surface area contributed by atoms with Gasteiger partial charge < -0.3 is 15.1 Å².